The van der Waals surface area contributed by atoms with Gasteiger partial charge in [0.05, 0.1) is 32.8 Å². The van der Waals surface area contributed by atoms with Crippen molar-refractivity contribution in [2.24, 2.45) is 5.92 Å². The van der Waals surface area contributed by atoms with E-state index in [9.17, 15) is 23.7 Å². The van der Waals surface area contributed by atoms with Crippen molar-refractivity contribution in [3.8, 4) is 5.75 Å². The first-order valence-electron chi connectivity index (χ1n) is 11.1. The average Bonchev–Trinajstić information content (AvgIpc) is 3.42. The van der Waals surface area contributed by atoms with E-state index in [4.69, 9.17) is 19.5 Å². The van der Waals surface area contributed by atoms with Gasteiger partial charge in [0.2, 0.25) is 5.95 Å². The van der Waals surface area contributed by atoms with E-state index in [-0.39, 0.29) is 22.9 Å². The maximum atomic E-state index is 14.0. The Labute approximate surface area is 209 Å². The van der Waals surface area contributed by atoms with Gasteiger partial charge in [-0.15, -0.1) is 0 Å². The van der Waals surface area contributed by atoms with Crippen LogP contribution >= 0.6 is 7.75 Å². The van der Waals surface area contributed by atoms with Crippen molar-refractivity contribution in [1.29, 1.82) is 0 Å². The Morgan fingerprint density at radius 2 is 2.14 bits per heavy atom. The van der Waals surface area contributed by atoms with E-state index in [0.29, 0.717) is 0 Å². The Morgan fingerprint density at radius 1 is 1.41 bits per heavy atom. The number of halogens is 1. The van der Waals surface area contributed by atoms with Crippen molar-refractivity contribution >= 4 is 30.8 Å². The largest absolute Gasteiger partial charge is 0.468 e. The summed E-state index contributed by atoms with van der Waals surface area (Å²) in [5, 5.41) is 13.3. The summed E-state index contributed by atoms with van der Waals surface area (Å²) >= 11 is 0. The summed E-state index contributed by atoms with van der Waals surface area (Å²) in [4.78, 5) is 34.3. The molecule has 0 spiro atoms. The molecular weight excluding hydrogens is 514 g/mol. The van der Waals surface area contributed by atoms with Crippen LogP contribution in [0.1, 0.15) is 13.2 Å². The first-order chi connectivity index (χ1) is 17.7. The first kappa shape index (κ1) is 26.7. The van der Waals surface area contributed by atoms with E-state index in [1.54, 1.807) is 18.2 Å². The number of aromatic nitrogens is 4. The number of nitrogens with one attached hydrogen (secondary N) is 2. The third kappa shape index (κ3) is 5.65. The molecule has 6 unspecified atom stereocenters. The molecule has 37 heavy (non-hydrogen) atoms. The number of ether oxygens (including phenoxy) is 2. The van der Waals surface area contributed by atoms with Gasteiger partial charge < -0.3 is 24.8 Å². The van der Waals surface area contributed by atoms with Gasteiger partial charge in [0.15, 0.2) is 17.4 Å². The second-order valence-corrected chi connectivity index (χ2v) is 9.91. The highest BCUT2D eigenvalue weighted by molar-refractivity contribution is 7.52. The molecule has 200 valence electrons. The maximum absolute atomic E-state index is 14.0. The molecule has 14 nitrogen and oxygen atoms in total. The van der Waals surface area contributed by atoms with E-state index < -0.39 is 63.0 Å². The van der Waals surface area contributed by atoms with Gasteiger partial charge in [-0.25, -0.2) is 9.55 Å². The number of para-hydroxylation sites is 1. The molecule has 1 fully saturated rings. The van der Waals surface area contributed by atoms with Crippen molar-refractivity contribution < 1.29 is 37.4 Å². The highest BCUT2D eigenvalue weighted by Gasteiger charge is 2.46. The van der Waals surface area contributed by atoms with Crippen LogP contribution in [0.15, 0.2) is 41.5 Å². The molecule has 0 aliphatic carbocycles. The highest BCUT2D eigenvalue weighted by atomic mass is 31.2. The quantitative estimate of drug-likeness (QED) is 0.210. The number of rotatable bonds is 10. The number of nitrogens with two attached hydrogens (primary N) is 1. The molecule has 16 heteroatoms. The van der Waals surface area contributed by atoms with Crippen LogP contribution < -0.4 is 20.9 Å². The lowest BCUT2D eigenvalue weighted by atomic mass is 10.0. The van der Waals surface area contributed by atoms with Crippen LogP contribution in [0.2, 0.25) is 0 Å². The molecule has 1 aliphatic rings. The van der Waals surface area contributed by atoms with E-state index >= 15 is 0 Å². The van der Waals surface area contributed by atoms with Gasteiger partial charge in [0.1, 0.15) is 17.9 Å². The number of anilines is 1. The molecule has 2 aromatic heterocycles. The number of aliphatic hydroxyl groups excluding tert-OH is 1. The van der Waals surface area contributed by atoms with Crippen LogP contribution in [0.25, 0.3) is 11.2 Å². The molecule has 0 amide bonds. The number of aromatic amines is 1. The molecule has 0 radical (unpaired) electrons. The summed E-state index contributed by atoms with van der Waals surface area (Å²) in [7, 11) is -3.07. The van der Waals surface area contributed by atoms with Gasteiger partial charge in [-0.1, -0.05) is 18.2 Å². The standard InChI is InChI=1S/C21H26FN6O8P/c1-11(20(31)33-2)27-37(32,36-12-6-4-3-5-7-12)34-9-14-13(8-22)16(29)19(35-14)28-10-24-15-17(28)25-21(23)26-18(15)30/h3-7,10-11,13-14,16,19,29H,8-9H2,1-2H3,(H,27,32)(H3,23,25,26,30). The summed E-state index contributed by atoms with van der Waals surface area (Å²) < 4.78 is 50.4. The fourth-order valence-corrected chi connectivity index (χ4v) is 5.36. The number of nitrogen functional groups attached to an aromatic ring is 1. The van der Waals surface area contributed by atoms with Crippen molar-refractivity contribution in [1.82, 2.24) is 24.6 Å². The normalized spacial score (nSPS) is 24.0. The second kappa shape index (κ2) is 10.9. The summed E-state index contributed by atoms with van der Waals surface area (Å²) in [6.45, 7) is -0.1000. The monoisotopic (exact) mass is 540 g/mol. The minimum Gasteiger partial charge on any atom is -0.468 e. The zero-order valence-electron chi connectivity index (χ0n) is 19.8. The number of aliphatic hydroxyl groups is 1. The Kier molecular flexibility index (Phi) is 7.90. The zero-order valence-corrected chi connectivity index (χ0v) is 20.7. The molecule has 5 N–H and O–H groups in total. The Balaban J connectivity index is 1.56. The molecule has 1 aromatic carbocycles. The summed E-state index contributed by atoms with van der Waals surface area (Å²) in [6, 6.07) is 6.99. The summed E-state index contributed by atoms with van der Waals surface area (Å²) in [6.07, 6.45) is -2.51. The number of benzene rings is 1. The number of H-pyrrole nitrogens is 1. The number of hydrogen-bond acceptors (Lipinski definition) is 11. The van der Waals surface area contributed by atoms with E-state index in [2.05, 4.69) is 24.8 Å². The third-order valence-electron chi connectivity index (χ3n) is 5.71. The molecule has 3 heterocycles. The van der Waals surface area contributed by atoms with Crippen molar-refractivity contribution in [3.63, 3.8) is 0 Å². The molecule has 0 saturated carbocycles. The van der Waals surface area contributed by atoms with Gasteiger partial charge in [-0.3, -0.25) is 28.1 Å². The number of methoxy groups -OCH3 is 1. The maximum Gasteiger partial charge on any atom is 0.459 e. The molecule has 4 rings (SSSR count). The predicted molar refractivity (Wildman–Crippen MR) is 127 cm³/mol. The van der Waals surface area contributed by atoms with E-state index in [0.717, 1.165) is 0 Å². The lowest BCUT2D eigenvalue weighted by Crippen LogP contribution is -2.36. The molecule has 0 bridgehead atoms. The van der Waals surface area contributed by atoms with Crippen molar-refractivity contribution in [2.75, 3.05) is 26.1 Å². The Morgan fingerprint density at radius 3 is 2.81 bits per heavy atom. The molecule has 1 aliphatic heterocycles. The van der Waals surface area contributed by atoms with Crippen LogP contribution in [0.4, 0.5) is 10.3 Å². The van der Waals surface area contributed by atoms with Crippen LogP contribution in [-0.2, 0) is 23.4 Å². The second-order valence-electron chi connectivity index (χ2n) is 8.22. The van der Waals surface area contributed by atoms with Crippen LogP contribution in [-0.4, -0.2) is 69.2 Å². The number of hydrogen-bond donors (Lipinski definition) is 4. The number of carbonyl (C=O) groups excluding carboxylic acids is 1. The molecular formula is C21H26FN6O8P. The van der Waals surface area contributed by atoms with Gasteiger partial charge in [-0.05, 0) is 19.1 Å². The zero-order chi connectivity index (χ0) is 26.7. The topological polar surface area (TPSA) is 193 Å². The van der Waals surface area contributed by atoms with E-state index in [1.807, 2.05) is 0 Å². The van der Waals surface area contributed by atoms with Crippen molar-refractivity contribution in [3.05, 3.63) is 47.0 Å². The summed E-state index contributed by atoms with van der Waals surface area (Å²) in [5.41, 5.74) is 5.00. The van der Waals surface area contributed by atoms with Crippen molar-refractivity contribution in [2.45, 2.75) is 31.4 Å². The van der Waals surface area contributed by atoms with Crippen LogP contribution in [0.3, 0.4) is 0 Å². The fraction of sp³-hybridized carbons (Fsp3) is 0.429. The minimum absolute atomic E-state index is 0.0242. The molecule has 1 saturated heterocycles. The SMILES string of the molecule is COC(=O)C(C)NP(=O)(OCC1OC(n2cnc3c(=O)[nH]c(N)nc32)C(O)C1CF)Oc1ccccc1. The fourth-order valence-electron chi connectivity index (χ4n) is 3.85. The summed E-state index contributed by atoms with van der Waals surface area (Å²) in [5.74, 6) is -1.83. The smallest absolute Gasteiger partial charge is 0.459 e. The highest BCUT2D eigenvalue weighted by Crippen LogP contribution is 2.46. The van der Waals surface area contributed by atoms with Crippen LogP contribution in [0.5, 0.6) is 5.75 Å². The van der Waals surface area contributed by atoms with Gasteiger partial charge in [-0.2, -0.15) is 10.1 Å². The number of esters is 1. The van der Waals surface area contributed by atoms with Gasteiger partial charge in [0.25, 0.3) is 5.56 Å². The molecule has 3 aromatic rings. The third-order valence-corrected chi connectivity index (χ3v) is 7.35. The predicted octanol–water partition coefficient (Wildman–Crippen LogP) is 0.901. The number of fused-ring (bicyclic) bond motifs is 1. The average molecular weight is 540 g/mol. The lowest BCUT2D eigenvalue weighted by Gasteiger charge is -2.24. The van der Waals surface area contributed by atoms with Gasteiger partial charge in [0, 0.05) is 5.92 Å². The number of imidazole rings is 1. The number of nitrogens with zero attached hydrogens (tertiary/aromatic N) is 3. The number of alkyl halides is 1. The first-order valence-corrected chi connectivity index (χ1v) is 12.7. The number of carbonyl (C=O) groups is 1. The lowest BCUT2D eigenvalue weighted by molar-refractivity contribution is -0.142. The van der Waals surface area contributed by atoms with Gasteiger partial charge >= 0.3 is 13.7 Å². The molecule has 6 atom stereocenters. The van der Waals surface area contributed by atoms with E-state index in [1.165, 1.54) is 37.1 Å². The minimum atomic E-state index is -4.23. The Bertz CT molecular complexity index is 1350. The van der Waals surface area contributed by atoms with Crippen LogP contribution in [0, 0.1) is 5.92 Å². The Hall–Kier alpha value is -3.36.